The molecule has 0 saturated heterocycles. The number of unbranched alkanes of at least 4 members (excludes halogenated alkanes) is 1. The number of hydrogen-bond donors (Lipinski definition) is 1. The van der Waals surface area contributed by atoms with E-state index >= 15 is 0 Å². The summed E-state index contributed by atoms with van der Waals surface area (Å²) in [5, 5.41) is 8.82. The summed E-state index contributed by atoms with van der Waals surface area (Å²) in [6.45, 7) is 6.32. The van der Waals surface area contributed by atoms with Crippen LogP contribution in [0.3, 0.4) is 0 Å². The highest BCUT2D eigenvalue weighted by Crippen LogP contribution is 2.03. The molecule has 0 aromatic heterocycles. The molecule has 0 radical (unpaired) electrons. The Morgan fingerprint density at radius 1 is 1.64 bits per heavy atom. The summed E-state index contributed by atoms with van der Waals surface area (Å²) >= 11 is 0. The van der Waals surface area contributed by atoms with Crippen molar-refractivity contribution >= 4 is 0 Å². The lowest BCUT2D eigenvalue weighted by Crippen LogP contribution is -2.17. The number of aliphatic hydroxyl groups is 1. The lowest BCUT2D eigenvalue weighted by Gasteiger charge is -2.12. The number of aliphatic hydroxyl groups excluding tert-OH is 1. The SMILES string of the molecule is C=CCOC(CO)CCCC. The van der Waals surface area contributed by atoms with Crippen LogP contribution in [0.1, 0.15) is 26.2 Å². The van der Waals surface area contributed by atoms with Crippen LogP contribution in [0.25, 0.3) is 0 Å². The Morgan fingerprint density at radius 2 is 2.36 bits per heavy atom. The van der Waals surface area contributed by atoms with E-state index in [1.807, 2.05) is 0 Å². The van der Waals surface area contributed by atoms with E-state index in [9.17, 15) is 0 Å². The van der Waals surface area contributed by atoms with Gasteiger partial charge in [-0.1, -0.05) is 25.8 Å². The van der Waals surface area contributed by atoms with Crippen molar-refractivity contribution in [1.82, 2.24) is 0 Å². The van der Waals surface area contributed by atoms with Crippen molar-refractivity contribution in [2.45, 2.75) is 32.3 Å². The molecular weight excluding hydrogens is 140 g/mol. The molecule has 0 aliphatic heterocycles. The maximum atomic E-state index is 8.82. The monoisotopic (exact) mass is 158 g/mol. The molecule has 0 spiro atoms. The average molecular weight is 158 g/mol. The van der Waals surface area contributed by atoms with Crippen molar-refractivity contribution in [3.63, 3.8) is 0 Å². The minimum Gasteiger partial charge on any atom is -0.394 e. The standard InChI is InChI=1S/C9H18O2/c1-3-5-6-9(8-10)11-7-4-2/h4,9-10H,2-3,5-8H2,1H3. The second-order valence-corrected chi connectivity index (χ2v) is 2.57. The maximum Gasteiger partial charge on any atom is 0.0810 e. The highest BCUT2D eigenvalue weighted by atomic mass is 16.5. The van der Waals surface area contributed by atoms with Crippen molar-refractivity contribution in [1.29, 1.82) is 0 Å². The summed E-state index contributed by atoms with van der Waals surface area (Å²) in [7, 11) is 0. The molecule has 0 aliphatic rings. The number of ether oxygens (including phenoxy) is 1. The van der Waals surface area contributed by atoms with Crippen LogP contribution in [0.2, 0.25) is 0 Å². The van der Waals surface area contributed by atoms with Crippen molar-refractivity contribution in [3.8, 4) is 0 Å². The topological polar surface area (TPSA) is 29.5 Å². The third-order valence-electron chi connectivity index (χ3n) is 1.53. The van der Waals surface area contributed by atoms with Gasteiger partial charge in [0.25, 0.3) is 0 Å². The highest BCUT2D eigenvalue weighted by molar-refractivity contribution is 4.66. The molecular formula is C9H18O2. The van der Waals surface area contributed by atoms with E-state index in [0.717, 1.165) is 19.3 Å². The molecule has 11 heavy (non-hydrogen) atoms. The van der Waals surface area contributed by atoms with Gasteiger partial charge in [-0.15, -0.1) is 6.58 Å². The first-order valence-electron chi connectivity index (χ1n) is 4.18. The van der Waals surface area contributed by atoms with Crippen molar-refractivity contribution in [3.05, 3.63) is 12.7 Å². The zero-order valence-electron chi connectivity index (χ0n) is 7.25. The highest BCUT2D eigenvalue weighted by Gasteiger charge is 2.04. The van der Waals surface area contributed by atoms with Gasteiger partial charge in [-0.2, -0.15) is 0 Å². The molecule has 2 nitrogen and oxygen atoms in total. The first kappa shape index (κ1) is 10.7. The van der Waals surface area contributed by atoms with E-state index in [4.69, 9.17) is 9.84 Å². The molecule has 0 fully saturated rings. The van der Waals surface area contributed by atoms with Gasteiger partial charge in [0.2, 0.25) is 0 Å². The molecule has 0 aliphatic carbocycles. The molecule has 2 heteroatoms. The minimum absolute atomic E-state index is 0.00736. The van der Waals surface area contributed by atoms with Crippen LogP contribution in [0.5, 0.6) is 0 Å². The van der Waals surface area contributed by atoms with Crippen LogP contribution in [0.15, 0.2) is 12.7 Å². The Labute approximate surface area is 68.9 Å². The third-order valence-corrected chi connectivity index (χ3v) is 1.53. The molecule has 0 saturated carbocycles. The van der Waals surface area contributed by atoms with Gasteiger partial charge in [0.1, 0.15) is 0 Å². The summed E-state index contributed by atoms with van der Waals surface area (Å²) < 4.78 is 5.27. The van der Waals surface area contributed by atoms with E-state index < -0.39 is 0 Å². The average Bonchev–Trinajstić information content (AvgIpc) is 2.05. The molecule has 1 N–H and O–H groups in total. The van der Waals surface area contributed by atoms with Gasteiger partial charge >= 0.3 is 0 Å². The Bertz CT molecular complexity index is 91.6. The normalized spacial score (nSPS) is 12.9. The number of rotatable bonds is 7. The molecule has 0 rings (SSSR count). The Hall–Kier alpha value is -0.340. The third kappa shape index (κ3) is 6.07. The molecule has 66 valence electrons. The van der Waals surface area contributed by atoms with Gasteiger partial charge in [-0.25, -0.2) is 0 Å². The van der Waals surface area contributed by atoms with Crippen LogP contribution < -0.4 is 0 Å². The predicted molar refractivity (Wildman–Crippen MR) is 46.5 cm³/mol. The van der Waals surface area contributed by atoms with Crippen LogP contribution in [-0.2, 0) is 4.74 Å². The summed E-state index contributed by atoms with van der Waals surface area (Å²) in [6.07, 6.45) is 4.92. The first-order chi connectivity index (χ1) is 5.35. The van der Waals surface area contributed by atoms with Gasteiger partial charge in [0, 0.05) is 0 Å². The number of hydrogen-bond acceptors (Lipinski definition) is 2. The largest absolute Gasteiger partial charge is 0.394 e. The van der Waals surface area contributed by atoms with Crippen LogP contribution in [0.4, 0.5) is 0 Å². The second kappa shape index (κ2) is 7.76. The van der Waals surface area contributed by atoms with Crippen LogP contribution in [-0.4, -0.2) is 24.4 Å². The summed E-state index contributed by atoms with van der Waals surface area (Å²) in [5.41, 5.74) is 0. The lowest BCUT2D eigenvalue weighted by molar-refractivity contribution is 0.0220. The minimum atomic E-state index is 0.00736. The lowest BCUT2D eigenvalue weighted by atomic mass is 10.2. The Morgan fingerprint density at radius 3 is 2.82 bits per heavy atom. The summed E-state index contributed by atoms with van der Waals surface area (Å²) in [5.74, 6) is 0. The van der Waals surface area contributed by atoms with Gasteiger partial charge in [-0.05, 0) is 6.42 Å². The fourth-order valence-corrected chi connectivity index (χ4v) is 0.863. The van der Waals surface area contributed by atoms with Gasteiger partial charge < -0.3 is 9.84 Å². The maximum absolute atomic E-state index is 8.82. The smallest absolute Gasteiger partial charge is 0.0810 e. The van der Waals surface area contributed by atoms with Gasteiger partial charge in [0.15, 0.2) is 0 Å². The molecule has 0 bridgehead atoms. The van der Waals surface area contributed by atoms with E-state index in [1.165, 1.54) is 0 Å². The van der Waals surface area contributed by atoms with E-state index in [2.05, 4.69) is 13.5 Å². The van der Waals surface area contributed by atoms with Crippen molar-refractivity contribution < 1.29 is 9.84 Å². The first-order valence-corrected chi connectivity index (χ1v) is 4.18. The van der Waals surface area contributed by atoms with E-state index in [-0.39, 0.29) is 12.7 Å². The summed E-state index contributed by atoms with van der Waals surface area (Å²) in [4.78, 5) is 0. The second-order valence-electron chi connectivity index (χ2n) is 2.57. The van der Waals surface area contributed by atoms with Crippen LogP contribution in [0, 0.1) is 0 Å². The summed E-state index contributed by atoms with van der Waals surface area (Å²) in [6, 6.07) is 0. The van der Waals surface area contributed by atoms with E-state index in [0.29, 0.717) is 6.61 Å². The fourth-order valence-electron chi connectivity index (χ4n) is 0.863. The molecule has 1 atom stereocenters. The molecule has 0 heterocycles. The van der Waals surface area contributed by atoms with Crippen LogP contribution >= 0.6 is 0 Å². The zero-order chi connectivity index (χ0) is 8.53. The van der Waals surface area contributed by atoms with Crippen molar-refractivity contribution in [2.75, 3.05) is 13.2 Å². The van der Waals surface area contributed by atoms with E-state index in [1.54, 1.807) is 6.08 Å². The molecule has 0 amide bonds. The molecule has 0 aromatic carbocycles. The van der Waals surface area contributed by atoms with Gasteiger partial charge in [-0.3, -0.25) is 0 Å². The van der Waals surface area contributed by atoms with Crippen molar-refractivity contribution in [2.24, 2.45) is 0 Å². The van der Waals surface area contributed by atoms with Gasteiger partial charge in [0.05, 0.1) is 19.3 Å². The Balaban J connectivity index is 3.32. The zero-order valence-corrected chi connectivity index (χ0v) is 7.25. The molecule has 1 unspecified atom stereocenters. The Kier molecular flexibility index (Phi) is 7.52. The quantitative estimate of drug-likeness (QED) is 0.572. The fraction of sp³-hybridized carbons (Fsp3) is 0.778. The molecule has 0 aromatic rings. The predicted octanol–water partition coefficient (Wildman–Crippen LogP) is 1.74.